The smallest absolute Gasteiger partial charge is 0.337 e. The molecule has 0 aromatic heterocycles. The molecule has 0 radical (unpaired) electrons. The minimum absolute atomic E-state index is 0.163. The summed E-state index contributed by atoms with van der Waals surface area (Å²) >= 11 is 0. The van der Waals surface area contributed by atoms with Gasteiger partial charge in [0.2, 0.25) is 5.91 Å². The molecule has 0 unspecified atom stereocenters. The van der Waals surface area contributed by atoms with Gasteiger partial charge in [-0.2, -0.15) is 0 Å². The van der Waals surface area contributed by atoms with E-state index >= 15 is 0 Å². The molecule has 8 heteroatoms. The maximum Gasteiger partial charge on any atom is 0.337 e. The number of rotatable bonds is 7. The van der Waals surface area contributed by atoms with E-state index < -0.39 is 11.9 Å². The summed E-state index contributed by atoms with van der Waals surface area (Å²) in [6.07, 6.45) is 0. The molecule has 0 bridgehead atoms. The van der Waals surface area contributed by atoms with Gasteiger partial charge in [0.15, 0.2) is 0 Å². The highest BCUT2D eigenvalue weighted by Crippen LogP contribution is 2.18. The molecule has 1 aliphatic rings. The molecule has 0 atom stereocenters. The van der Waals surface area contributed by atoms with E-state index in [2.05, 4.69) is 40.2 Å². The average molecular weight is 440 g/mol. The number of piperazine rings is 1. The number of nitrogens with one attached hydrogen (secondary N) is 1. The predicted octanol–water partition coefficient (Wildman–Crippen LogP) is 2.32. The van der Waals surface area contributed by atoms with Gasteiger partial charge in [-0.25, -0.2) is 9.59 Å². The average Bonchev–Trinajstić information content (AvgIpc) is 2.80. The third kappa shape index (κ3) is 6.15. The van der Waals surface area contributed by atoms with Gasteiger partial charge in [-0.1, -0.05) is 24.3 Å². The fourth-order valence-electron chi connectivity index (χ4n) is 3.71. The lowest BCUT2D eigenvalue weighted by Crippen LogP contribution is -2.48. The highest BCUT2D eigenvalue weighted by Gasteiger charge is 2.20. The lowest BCUT2D eigenvalue weighted by Gasteiger charge is -2.34. The van der Waals surface area contributed by atoms with Gasteiger partial charge in [0.05, 0.1) is 31.9 Å². The number of carbonyl (C=O) groups is 3. The lowest BCUT2D eigenvalue weighted by atomic mass is 10.1. The molecule has 0 aliphatic carbocycles. The maximum atomic E-state index is 12.6. The summed E-state index contributed by atoms with van der Waals surface area (Å²) in [5, 5.41) is 2.78. The first-order chi connectivity index (χ1) is 15.4. The number of ether oxygens (including phenoxy) is 2. The van der Waals surface area contributed by atoms with Crippen LogP contribution in [0.5, 0.6) is 0 Å². The van der Waals surface area contributed by atoms with Crippen LogP contribution in [-0.2, 0) is 20.8 Å². The Morgan fingerprint density at radius 1 is 0.875 bits per heavy atom. The quantitative estimate of drug-likeness (QED) is 0.663. The molecule has 1 heterocycles. The van der Waals surface area contributed by atoms with Gasteiger partial charge < -0.3 is 14.8 Å². The minimum Gasteiger partial charge on any atom is -0.465 e. The number of benzene rings is 2. The van der Waals surface area contributed by atoms with Crippen LogP contribution < -0.4 is 5.32 Å². The molecule has 0 spiro atoms. The van der Waals surface area contributed by atoms with Crippen LogP contribution in [-0.4, -0.2) is 74.6 Å². The molecule has 1 N–H and O–H groups in total. The van der Waals surface area contributed by atoms with Crippen molar-refractivity contribution >= 4 is 23.5 Å². The van der Waals surface area contributed by atoms with Gasteiger partial charge in [-0.05, 0) is 36.2 Å². The first-order valence-electron chi connectivity index (χ1n) is 10.5. The maximum absolute atomic E-state index is 12.6. The van der Waals surface area contributed by atoms with Crippen LogP contribution in [0.25, 0.3) is 0 Å². The Balaban J connectivity index is 1.56. The van der Waals surface area contributed by atoms with Crippen LogP contribution in [0.3, 0.4) is 0 Å². The first-order valence-corrected chi connectivity index (χ1v) is 10.5. The molecule has 1 amide bonds. The molecule has 1 fully saturated rings. The van der Waals surface area contributed by atoms with Crippen molar-refractivity contribution in [3.05, 3.63) is 64.7 Å². The fraction of sp³-hybridized carbons (Fsp3) is 0.375. The topological polar surface area (TPSA) is 88.2 Å². The van der Waals surface area contributed by atoms with Crippen molar-refractivity contribution in [2.24, 2.45) is 0 Å². The van der Waals surface area contributed by atoms with E-state index in [1.54, 1.807) is 0 Å². The summed E-state index contributed by atoms with van der Waals surface area (Å²) in [6.45, 7) is 6.59. The van der Waals surface area contributed by atoms with E-state index in [1.807, 2.05) is 6.07 Å². The Morgan fingerprint density at radius 2 is 1.44 bits per heavy atom. The molecule has 1 saturated heterocycles. The van der Waals surface area contributed by atoms with Crippen molar-refractivity contribution in [3.63, 3.8) is 0 Å². The highest BCUT2D eigenvalue weighted by atomic mass is 16.5. The van der Waals surface area contributed by atoms with Crippen LogP contribution >= 0.6 is 0 Å². The third-order valence-electron chi connectivity index (χ3n) is 5.55. The first kappa shape index (κ1) is 23.4. The summed E-state index contributed by atoms with van der Waals surface area (Å²) in [7, 11) is 2.51. The van der Waals surface area contributed by atoms with Crippen molar-refractivity contribution in [2.45, 2.75) is 13.5 Å². The van der Waals surface area contributed by atoms with Gasteiger partial charge in [0.1, 0.15) is 0 Å². The molecular weight excluding hydrogens is 410 g/mol. The van der Waals surface area contributed by atoms with Crippen molar-refractivity contribution in [2.75, 3.05) is 52.3 Å². The highest BCUT2D eigenvalue weighted by molar-refractivity contribution is 5.99. The molecule has 3 rings (SSSR count). The molecule has 8 nitrogen and oxygen atoms in total. The van der Waals surface area contributed by atoms with Gasteiger partial charge in [-0.15, -0.1) is 0 Å². The molecule has 0 saturated carbocycles. The second-order valence-corrected chi connectivity index (χ2v) is 7.81. The van der Waals surface area contributed by atoms with Crippen LogP contribution in [0.15, 0.2) is 42.5 Å². The van der Waals surface area contributed by atoms with Crippen LogP contribution in [0.1, 0.15) is 31.8 Å². The number of aryl methyl sites for hydroxylation is 1. The van der Waals surface area contributed by atoms with Crippen LogP contribution in [0, 0.1) is 6.92 Å². The number of carbonyl (C=O) groups excluding carboxylic acids is 3. The van der Waals surface area contributed by atoms with Crippen molar-refractivity contribution in [1.29, 1.82) is 0 Å². The summed E-state index contributed by atoms with van der Waals surface area (Å²) in [6, 6.07) is 12.7. The molecular formula is C24H29N3O5. The lowest BCUT2D eigenvalue weighted by molar-refractivity contribution is -0.117. The second-order valence-electron chi connectivity index (χ2n) is 7.81. The summed E-state index contributed by atoms with van der Waals surface area (Å²) < 4.78 is 9.46. The van der Waals surface area contributed by atoms with E-state index in [4.69, 9.17) is 9.47 Å². The largest absolute Gasteiger partial charge is 0.465 e. The zero-order chi connectivity index (χ0) is 23.1. The number of amides is 1. The van der Waals surface area contributed by atoms with Gasteiger partial charge in [0.25, 0.3) is 0 Å². The predicted molar refractivity (Wildman–Crippen MR) is 121 cm³/mol. The van der Waals surface area contributed by atoms with Crippen molar-refractivity contribution < 1.29 is 23.9 Å². The Morgan fingerprint density at radius 3 is 2.00 bits per heavy atom. The number of methoxy groups -OCH3 is 2. The fourth-order valence-corrected chi connectivity index (χ4v) is 3.71. The summed E-state index contributed by atoms with van der Waals surface area (Å²) in [4.78, 5) is 40.9. The number of anilines is 1. The number of hydrogen-bond donors (Lipinski definition) is 1. The Kier molecular flexibility index (Phi) is 7.97. The van der Waals surface area contributed by atoms with Crippen LogP contribution in [0.4, 0.5) is 5.69 Å². The molecule has 2 aromatic carbocycles. The van der Waals surface area contributed by atoms with E-state index in [-0.39, 0.29) is 23.6 Å². The normalized spacial score (nSPS) is 14.6. The summed E-state index contributed by atoms with van der Waals surface area (Å²) in [5.41, 5.74) is 3.28. The standard InChI is InChI=1S/C24H29N3O5/c1-17-6-4-5-7-18(17)15-26-8-10-27(11-9-26)16-22(28)25-21-13-19(23(29)31-2)12-20(14-21)24(30)32-3/h4-7,12-14H,8-11,15-16H2,1-3H3,(H,25,28). The summed E-state index contributed by atoms with van der Waals surface area (Å²) in [5.74, 6) is -1.41. The molecule has 2 aromatic rings. The third-order valence-corrected chi connectivity index (χ3v) is 5.55. The van der Waals surface area contributed by atoms with Crippen molar-refractivity contribution in [3.8, 4) is 0 Å². The van der Waals surface area contributed by atoms with E-state index in [1.165, 1.54) is 43.5 Å². The molecule has 1 aliphatic heterocycles. The SMILES string of the molecule is COC(=O)c1cc(NC(=O)CN2CCN(Cc3ccccc3C)CC2)cc(C(=O)OC)c1. The van der Waals surface area contributed by atoms with Gasteiger partial charge in [-0.3, -0.25) is 14.6 Å². The van der Waals surface area contributed by atoms with Crippen molar-refractivity contribution in [1.82, 2.24) is 9.80 Å². The second kappa shape index (κ2) is 10.9. The Bertz CT molecular complexity index is 949. The van der Waals surface area contributed by atoms with Gasteiger partial charge in [0, 0.05) is 38.4 Å². The zero-order valence-corrected chi connectivity index (χ0v) is 18.7. The number of esters is 2. The number of nitrogens with zero attached hydrogens (tertiary/aromatic N) is 2. The molecule has 170 valence electrons. The number of hydrogen-bond acceptors (Lipinski definition) is 7. The van der Waals surface area contributed by atoms with E-state index in [9.17, 15) is 14.4 Å². The van der Waals surface area contributed by atoms with Crippen LogP contribution in [0.2, 0.25) is 0 Å². The molecule has 32 heavy (non-hydrogen) atoms. The van der Waals surface area contributed by atoms with Gasteiger partial charge >= 0.3 is 11.9 Å². The van der Waals surface area contributed by atoms with E-state index in [0.29, 0.717) is 5.69 Å². The Hall–Kier alpha value is -3.23. The van der Waals surface area contributed by atoms with E-state index in [0.717, 1.165) is 32.7 Å². The monoisotopic (exact) mass is 439 g/mol. The zero-order valence-electron chi connectivity index (χ0n) is 18.7. The Labute approximate surface area is 188 Å². The minimum atomic E-state index is -0.601.